The fraction of sp³-hybridized carbons (Fsp3) is 0.278. The normalized spacial score (nSPS) is 12.2. The molecule has 8 heteroatoms. The number of halogens is 1. The lowest BCUT2D eigenvalue weighted by Gasteiger charge is -2.18. The zero-order chi connectivity index (χ0) is 18.8. The van der Waals surface area contributed by atoms with Crippen molar-refractivity contribution in [3.8, 4) is 5.75 Å². The van der Waals surface area contributed by atoms with E-state index in [2.05, 4.69) is 25.9 Å². The Morgan fingerprint density at radius 3 is 2.77 bits per heavy atom. The van der Waals surface area contributed by atoms with Crippen LogP contribution in [-0.4, -0.2) is 43.1 Å². The predicted octanol–water partition coefficient (Wildman–Crippen LogP) is 1.79. The maximum Gasteiger partial charge on any atom is 0.243 e. The van der Waals surface area contributed by atoms with Gasteiger partial charge in [0.15, 0.2) is 17.5 Å². The first-order valence-corrected chi connectivity index (χ1v) is 8.14. The van der Waals surface area contributed by atoms with Gasteiger partial charge in [-0.05, 0) is 31.2 Å². The Balaban J connectivity index is 1.73. The number of rotatable bonds is 7. The third kappa shape index (κ3) is 6.39. The van der Waals surface area contributed by atoms with Gasteiger partial charge in [-0.15, -0.1) is 0 Å². The molecule has 0 aliphatic heterocycles. The van der Waals surface area contributed by atoms with Crippen molar-refractivity contribution in [3.05, 3.63) is 54.6 Å². The summed E-state index contributed by atoms with van der Waals surface area (Å²) in [4.78, 5) is 19.9. The van der Waals surface area contributed by atoms with Gasteiger partial charge in [-0.2, -0.15) is 0 Å². The highest BCUT2D eigenvalue weighted by Gasteiger charge is 2.09. The zero-order valence-electron chi connectivity index (χ0n) is 14.7. The third-order valence-corrected chi connectivity index (χ3v) is 3.31. The van der Waals surface area contributed by atoms with Crippen LogP contribution in [-0.2, 0) is 4.79 Å². The number of carbonyl (C=O) groups excluding carboxylic acids is 1. The molecule has 0 spiro atoms. The second-order valence-electron chi connectivity index (χ2n) is 5.46. The Morgan fingerprint density at radius 2 is 2.08 bits per heavy atom. The topological polar surface area (TPSA) is 87.6 Å². The minimum atomic E-state index is -0.408. The van der Waals surface area contributed by atoms with Crippen molar-refractivity contribution in [3.63, 3.8) is 0 Å². The average Bonchev–Trinajstić information content (AvgIpc) is 2.64. The van der Waals surface area contributed by atoms with E-state index in [0.29, 0.717) is 18.2 Å². The summed E-state index contributed by atoms with van der Waals surface area (Å²) in [6.07, 6.45) is 2.89. The van der Waals surface area contributed by atoms with Crippen molar-refractivity contribution in [2.24, 2.45) is 4.99 Å². The first kappa shape index (κ1) is 19.2. The highest BCUT2D eigenvalue weighted by molar-refractivity contribution is 5.94. The second kappa shape index (κ2) is 9.97. The maximum atomic E-state index is 13.6. The molecule has 0 aliphatic rings. The van der Waals surface area contributed by atoms with Gasteiger partial charge in [0, 0.05) is 13.2 Å². The van der Waals surface area contributed by atoms with Crippen LogP contribution in [0.2, 0.25) is 0 Å². The van der Waals surface area contributed by atoms with Crippen LogP contribution in [0.15, 0.2) is 53.8 Å². The first-order chi connectivity index (χ1) is 12.6. The number of aromatic nitrogens is 1. The number of nitrogens with zero attached hydrogens (tertiary/aromatic N) is 2. The number of ether oxygens (including phenoxy) is 1. The highest BCUT2D eigenvalue weighted by atomic mass is 19.1. The minimum Gasteiger partial charge on any atom is -0.486 e. The molecule has 2 rings (SSSR count). The summed E-state index contributed by atoms with van der Waals surface area (Å²) in [5.41, 5.74) is 0.620. The molecule has 0 aliphatic carbocycles. The summed E-state index contributed by atoms with van der Waals surface area (Å²) in [6, 6.07) is 9.71. The molecule has 1 aromatic carbocycles. The molecule has 7 nitrogen and oxygen atoms in total. The van der Waals surface area contributed by atoms with Gasteiger partial charge in [0.05, 0.1) is 25.0 Å². The Hall–Kier alpha value is -3.16. The van der Waals surface area contributed by atoms with Crippen LogP contribution in [0.25, 0.3) is 0 Å². The van der Waals surface area contributed by atoms with E-state index in [4.69, 9.17) is 4.74 Å². The Morgan fingerprint density at radius 1 is 1.27 bits per heavy atom. The molecule has 0 bridgehead atoms. The molecule has 1 amide bonds. The van der Waals surface area contributed by atoms with E-state index < -0.39 is 5.82 Å². The van der Waals surface area contributed by atoms with Gasteiger partial charge >= 0.3 is 0 Å². The van der Waals surface area contributed by atoms with Crippen LogP contribution >= 0.6 is 0 Å². The van der Waals surface area contributed by atoms with Gasteiger partial charge in [0.25, 0.3) is 0 Å². The molecule has 26 heavy (non-hydrogen) atoms. The lowest BCUT2D eigenvalue weighted by Crippen LogP contribution is -2.44. The smallest absolute Gasteiger partial charge is 0.243 e. The van der Waals surface area contributed by atoms with E-state index in [1.165, 1.54) is 6.07 Å². The summed E-state index contributed by atoms with van der Waals surface area (Å²) in [5, 5.41) is 8.64. The first-order valence-electron chi connectivity index (χ1n) is 8.14. The quantitative estimate of drug-likeness (QED) is 0.518. The van der Waals surface area contributed by atoms with Crippen LogP contribution in [0.4, 0.5) is 10.1 Å². The number of hydrogen-bond acceptors (Lipinski definition) is 4. The van der Waals surface area contributed by atoms with Crippen molar-refractivity contribution in [1.82, 2.24) is 15.6 Å². The number of aliphatic imine (C=N–C) groups is 1. The fourth-order valence-corrected chi connectivity index (χ4v) is 2.07. The number of carbonyl (C=O) groups is 1. The fourth-order valence-electron chi connectivity index (χ4n) is 2.07. The van der Waals surface area contributed by atoms with E-state index >= 15 is 0 Å². The molecule has 1 heterocycles. The maximum absolute atomic E-state index is 13.6. The molecule has 1 aromatic heterocycles. The number of amides is 1. The van der Waals surface area contributed by atoms with E-state index in [1.807, 2.05) is 6.92 Å². The van der Waals surface area contributed by atoms with Crippen molar-refractivity contribution in [2.45, 2.75) is 13.0 Å². The largest absolute Gasteiger partial charge is 0.486 e. The van der Waals surface area contributed by atoms with Gasteiger partial charge < -0.3 is 20.7 Å². The summed E-state index contributed by atoms with van der Waals surface area (Å²) in [6.45, 7) is 2.23. The van der Waals surface area contributed by atoms with Crippen molar-refractivity contribution in [1.29, 1.82) is 0 Å². The van der Waals surface area contributed by atoms with Crippen LogP contribution in [0.3, 0.4) is 0 Å². The van der Waals surface area contributed by atoms with Gasteiger partial charge in [0.1, 0.15) is 6.10 Å². The Bertz CT molecular complexity index is 739. The number of hydrogen-bond donors (Lipinski definition) is 3. The van der Waals surface area contributed by atoms with Gasteiger partial charge in [-0.25, -0.2) is 4.39 Å². The van der Waals surface area contributed by atoms with E-state index in [0.717, 1.165) is 0 Å². The van der Waals surface area contributed by atoms with Crippen molar-refractivity contribution in [2.75, 3.05) is 25.5 Å². The summed E-state index contributed by atoms with van der Waals surface area (Å²) >= 11 is 0. The summed E-state index contributed by atoms with van der Waals surface area (Å²) in [5.74, 6) is 0.00134. The molecular formula is C18H22FN5O2. The summed E-state index contributed by atoms with van der Waals surface area (Å²) < 4.78 is 19.1. The van der Waals surface area contributed by atoms with Crippen molar-refractivity contribution >= 4 is 17.6 Å². The van der Waals surface area contributed by atoms with Crippen molar-refractivity contribution < 1.29 is 13.9 Å². The Labute approximate surface area is 151 Å². The van der Waals surface area contributed by atoms with E-state index in [1.54, 1.807) is 49.8 Å². The van der Waals surface area contributed by atoms with Crippen LogP contribution in [0.5, 0.6) is 5.75 Å². The predicted molar refractivity (Wildman–Crippen MR) is 98.7 cm³/mol. The molecule has 1 atom stereocenters. The summed E-state index contributed by atoms with van der Waals surface area (Å²) in [7, 11) is 1.59. The molecular weight excluding hydrogens is 337 g/mol. The zero-order valence-corrected chi connectivity index (χ0v) is 14.7. The van der Waals surface area contributed by atoms with Gasteiger partial charge in [-0.3, -0.25) is 14.8 Å². The highest BCUT2D eigenvalue weighted by Crippen LogP contribution is 2.16. The van der Waals surface area contributed by atoms with E-state index in [9.17, 15) is 9.18 Å². The standard InChI is InChI=1S/C18H22FN5O2/c1-13(26-16-8-4-3-7-15(16)19)10-22-18(20-2)23-12-17(25)24-14-6-5-9-21-11-14/h3-9,11,13H,10,12H2,1-2H3,(H,24,25)(H2,20,22,23). The average molecular weight is 359 g/mol. The van der Waals surface area contributed by atoms with Gasteiger partial charge in [-0.1, -0.05) is 12.1 Å². The second-order valence-corrected chi connectivity index (χ2v) is 5.46. The molecule has 0 radical (unpaired) electrons. The van der Waals surface area contributed by atoms with Crippen LogP contribution in [0.1, 0.15) is 6.92 Å². The molecule has 0 saturated carbocycles. The van der Waals surface area contributed by atoms with Gasteiger partial charge in [0.2, 0.25) is 5.91 Å². The minimum absolute atomic E-state index is 0.0388. The van der Waals surface area contributed by atoms with E-state index in [-0.39, 0.29) is 24.3 Å². The number of guanidine groups is 1. The molecule has 0 saturated heterocycles. The van der Waals surface area contributed by atoms with Crippen LogP contribution in [0, 0.1) is 5.82 Å². The third-order valence-electron chi connectivity index (χ3n) is 3.31. The monoisotopic (exact) mass is 359 g/mol. The lowest BCUT2D eigenvalue weighted by molar-refractivity contribution is -0.115. The SMILES string of the molecule is CN=C(NCC(=O)Nc1cccnc1)NCC(C)Oc1ccccc1F. The number of nitrogens with one attached hydrogen (secondary N) is 3. The molecule has 3 N–H and O–H groups in total. The Kier molecular flexibility index (Phi) is 7.35. The number of pyridine rings is 1. The number of anilines is 1. The molecule has 2 aromatic rings. The molecule has 138 valence electrons. The molecule has 1 unspecified atom stereocenters. The lowest BCUT2D eigenvalue weighted by atomic mass is 10.3. The number of para-hydroxylation sites is 1. The van der Waals surface area contributed by atoms with Crippen LogP contribution < -0.4 is 20.7 Å². The number of benzene rings is 1. The molecule has 0 fully saturated rings.